The number of amides is 1. The van der Waals surface area contributed by atoms with Gasteiger partial charge in [-0.2, -0.15) is 13.2 Å². The Labute approximate surface area is 209 Å². The van der Waals surface area contributed by atoms with Crippen molar-refractivity contribution < 1.29 is 36.6 Å². The predicted molar refractivity (Wildman–Crippen MR) is 130 cm³/mol. The molecule has 1 amide bonds. The molecule has 0 saturated carbocycles. The maximum atomic E-state index is 14.0. The van der Waals surface area contributed by atoms with Crippen molar-refractivity contribution in [3.05, 3.63) is 88.3 Å². The van der Waals surface area contributed by atoms with E-state index in [0.29, 0.717) is 12.3 Å². The van der Waals surface area contributed by atoms with Crippen molar-refractivity contribution in [3.8, 4) is 28.4 Å². The lowest BCUT2D eigenvalue weighted by Crippen LogP contribution is -2.28. The van der Waals surface area contributed by atoms with Crippen LogP contribution in [0.15, 0.2) is 75.9 Å². The number of ether oxygens (including phenoxy) is 3. The van der Waals surface area contributed by atoms with Crippen molar-refractivity contribution >= 4 is 16.9 Å². The van der Waals surface area contributed by atoms with E-state index in [9.17, 15) is 22.8 Å². The van der Waals surface area contributed by atoms with Crippen LogP contribution in [0.5, 0.6) is 17.2 Å². The van der Waals surface area contributed by atoms with E-state index in [2.05, 4.69) is 5.32 Å². The van der Waals surface area contributed by atoms with Gasteiger partial charge in [-0.25, -0.2) is 0 Å². The van der Waals surface area contributed by atoms with Crippen molar-refractivity contribution in [3.63, 3.8) is 0 Å². The quantitative estimate of drug-likeness (QED) is 0.349. The highest BCUT2D eigenvalue weighted by molar-refractivity contribution is 5.85. The summed E-state index contributed by atoms with van der Waals surface area (Å²) >= 11 is 0. The fraction of sp³-hybridized carbons (Fsp3) is 0.185. The molecule has 0 saturated heterocycles. The van der Waals surface area contributed by atoms with Crippen LogP contribution in [-0.2, 0) is 17.5 Å². The molecule has 1 aromatic heterocycles. The van der Waals surface area contributed by atoms with Gasteiger partial charge in [0.05, 0.1) is 25.2 Å². The molecule has 0 atom stereocenters. The van der Waals surface area contributed by atoms with Gasteiger partial charge in [-0.15, -0.1) is 0 Å². The van der Waals surface area contributed by atoms with Gasteiger partial charge in [0.2, 0.25) is 11.2 Å². The van der Waals surface area contributed by atoms with Gasteiger partial charge >= 0.3 is 6.18 Å². The van der Waals surface area contributed by atoms with Crippen molar-refractivity contribution in [1.29, 1.82) is 0 Å². The third kappa shape index (κ3) is 5.69. The summed E-state index contributed by atoms with van der Waals surface area (Å²) in [5, 5.41) is 2.60. The zero-order valence-electron chi connectivity index (χ0n) is 19.8. The van der Waals surface area contributed by atoms with Crippen molar-refractivity contribution in [2.24, 2.45) is 0 Å². The summed E-state index contributed by atoms with van der Waals surface area (Å²) in [7, 11) is 2.72. The van der Waals surface area contributed by atoms with E-state index in [1.807, 2.05) is 30.3 Å². The molecular weight excluding hydrogens is 491 g/mol. The summed E-state index contributed by atoms with van der Waals surface area (Å²) in [6.45, 7) is -0.0814. The van der Waals surface area contributed by atoms with Gasteiger partial charge in [0.25, 0.3) is 5.91 Å². The topological polar surface area (TPSA) is 87.0 Å². The van der Waals surface area contributed by atoms with E-state index in [-0.39, 0.29) is 34.6 Å². The number of alkyl halides is 3. The van der Waals surface area contributed by atoms with Crippen LogP contribution in [0.25, 0.3) is 22.1 Å². The fourth-order valence-electron chi connectivity index (χ4n) is 3.71. The first kappa shape index (κ1) is 25.6. The second-order valence-electron chi connectivity index (χ2n) is 7.91. The Bertz CT molecular complexity index is 1480. The van der Waals surface area contributed by atoms with Gasteiger partial charge in [0.15, 0.2) is 18.1 Å². The van der Waals surface area contributed by atoms with E-state index in [4.69, 9.17) is 18.6 Å². The van der Waals surface area contributed by atoms with Crippen molar-refractivity contribution in [2.75, 3.05) is 20.8 Å². The number of fused-ring (bicyclic) bond motifs is 1. The summed E-state index contributed by atoms with van der Waals surface area (Å²) in [6, 6.07) is 17.1. The van der Waals surface area contributed by atoms with Crippen molar-refractivity contribution in [1.82, 2.24) is 5.32 Å². The number of carbonyl (C=O) groups is 1. The molecule has 0 aliphatic carbocycles. The molecule has 0 aliphatic rings. The van der Waals surface area contributed by atoms with Gasteiger partial charge in [-0.3, -0.25) is 9.59 Å². The zero-order chi connectivity index (χ0) is 26.6. The van der Waals surface area contributed by atoms with Gasteiger partial charge in [0.1, 0.15) is 11.3 Å². The van der Waals surface area contributed by atoms with Crippen LogP contribution in [0.3, 0.4) is 0 Å². The van der Waals surface area contributed by atoms with E-state index in [1.54, 1.807) is 0 Å². The first-order valence-corrected chi connectivity index (χ1v) is 11.0. The Morgan fingerprint density at radius 1 is 0.946 bits per heavy atom. The maximum Gasteiger partial charge on any atom is 0.450 e. The molecule has 0 bridgehead atoms. The molecule has 0 radical (unpaired) electrons. The highest BCUT2D eigenvalue weighted by atomic mass is 19.4. The predicted octanol–water partition coefficient (Wildman–Crippen LogP) is 5.19. The molecular formula is C27H22F3NO6. The monoisotopic (exact) mass is 513 g/mol. The largest absolute Gasteiger partial charge is 0.493 e. The number of hydrogen-bond donors (Lipinski definition) is 1. The second-order valence-corrected chi connectivity index (χ2v) is 7.91. The molecule has 4 aromatic rings. The Morgan fingerprint density at radius 2 is 1.68 bits per heavy atom. The van der Waals surface area contributed by atoms with Crippen LogP contribution >= 0.6 is 0 Å². The summed E-state index contributed by atoms with van der Waals surface area (Å²) < 4.78 is 62.8. The molecule has 10 heteroatoms. The molecule has 0 aliphatic heterocycles. The van der Waals surface area contributed by atoms with Gasteiger partial charge in [-0.1, -0.05) is 36.4 Å². The Morgan fingerprint density at radius 3 is 2.35 bits per heavy atom. The molecule has 1 heterocycles. The molecule has 0 fully saturated rings. The Kier molecular flexibility index (Phi) is 7.37. The number of benzene rings is 3. The minimum Gasteiger partial charge on any atom is -0.493 e. The maximum absolute atomic E-state index is 14.0. The van der Waals surface area contributed by atoms with Crippen LogP contribution in [0, 0.1) is 0 Å². The minimum atomic E-state index is -4.97. The number of nitrogens with one attached hydrogen (secondary N) is 1. The molecule has 192 valence electrons. The number of methoxy groups -OCH3 is 2. The molecule has 7 nitrogen and oxygen atoms in total. The Balaban J connectivity index is 1.64. The van der Waals surface area contributed by atoms with Crippen LogP contribution in [0.1, 0.15) is 11.3 Å². The fourth-order valence-corrected chi connectivity index (χ4v) is 3.71. The third-order valence-electron chi connectivity index (χ3n) is 5.50. The number of carbonyl (C=O) groups excluding carboxylic acids is 1. The third-order valence-corrected chi connectivity index (χ3v) is 5.50. The first-order valence-electron chi connectivity index (χ1n) is 11.0. The smallest absolute Gasteiger partial charge is 0.450 e. The molecule has 1 N–H and O–H groups in total. The summed E-state index contributed by atoms with van der Waals surface area (Å²) in [5.41, 5.74) is -1.02. The lowest BCUT2D eigenvalue weighted by Gasteiger charge is -2.15. The Hall–Kier alpha value is -4.47. The van der Waals surface area contributed by atoms with E-state index in [1.165, 1.54) is 44.6 Å². The SMILES string of the molecule is COc1ccc(-c2c(C(F)(F)F)oc3cc(OCC(=O)NCc4ccccc4)ccc3c2=O)cc1OC. The summed E-state index contributed by atoms with van der Waals surface area (Å²) in [6.07, 6.45) is -4.97. The van der Waals surface area contributed by atoms with Crippen LogP contribution in [-0.4, -0.2) is 26.7 Å². The average Bonchev–Trinajstić information content (AvgIpc) is 2.90. The highest BCUT2D eigenvalue weighted by Crippen LogP contribution is 2.40. The molecule has 0 spiro atoms. The lowest BCUT2D eigenvalue weighted by molar-refractivity contribution is -0.152. The van der Waals surface area contributed by atoms with E-state index < -0.39 is 28.8 Å². The molecule has 3 aromatic carbocycles. The number of hydrogen-bond acceptors (Lipinski definition) is 6. The van der Waals surface area contributed by atoms with Gasteiger partial charge in [-0.05, 0) is 35.4 Å². The minimum absolute atomic E-state index is 0.0453. The molecule has 37 heavy (non-hydrogen) atoms. The highest BCUT2D eigenvalue weighted by Gasteiger charge is 2.39. The zero-order valence-corrected chi connectivity index (χ0v) is 19.8. The van der Waals surface area contributed by atoms with Crippen LogP contribution < -0.4 is 25.0 Å². The lowest BCUT2D eigenvalue weighted by atomic mass is 10.0. The summed E-state index contributed by atoms with van der Waals surface area (Å²) in [5.74, 6) is -1.38. The average molecular weight is 513 g/mol. The number of rotatable bonds is 8. The normalized spacial score (nSPS) is 11.3. The van der Waals surface area contributed by atoms with E-state index >= 15 is 0 Å². The standard InChI is InChI=1S/C27H22F3NO6/c1-34-20-11-8-17(12-22(20)35-2)24-25(33)19-10-9-18(13-21(19)37-26(24)27(28,29)30)36-15-23(32)31-14-16-6-4-3-5-7-16/h3-13H,14-15H2,1-2H3,(H,31,32). The van der Waals surface area contributed by atoms with Gasteiger partial charge in [0, 0.05) is 12.6 Å². The van der Waals surface area contributed by atoms with E-state index in [0.717, 1.165) is 11.6 Å². The molecule has 4 rings (SSSR count). The second kappa shape index (κ2) is 10.7. The van der Waals surface area contributed by atoms with Crippen molar-refractivity contribution in [2.45, 2.75) is 12.7 Å². The first-order chi connectivity index (χ1) is 17.7. The van der Waals surface area contributed by atoms with Crippen LogP contribution in [0.4, 0.5) is 13.2 Å². The summed E-state index contributed by atoms with van der Waals surface area (Å²) in [4.78, 5) is 25.3. The molecule has 0 unspecified atom stereocenters. The van der Waals surface area contributed by atoms with Crippen LogP contribution in [0.2, 0.25) is 0 Å². The number of halogens is 3. The van der Waals surface area contributed by atoms with Gasteiger partial charge < -0.3 is 23.9 Å².